The highest BCUT2D eigenvalue weighted by atomic mass is 16.5. The molecular formula is C29H33N5O3. The molecule has 3 heterocycles. The molecule has 2 aromatic heterocycles. The normalized spacial score (nSPS) is 14.2. The Morgan fingerprint density at radius 1 is 0.865 bits per heavy atom. The Morgan fingerprint density at radius 2 is 1.57 bits per heavy atom. The van der Waals surface area contributed by atoms with Crippen molar-refractivity contribution in [1.29, 1.82) is 0 Å². The Hall–Kier alpha value is -4.07. The van der Waals surface area contributed by atoms with Crippen molar-refractivity contribution in [2.24, 2.45) is 0 Å². The summed E-state index contributed by atoms with van der Waals surface area (Å²) in [6, 6.07) is 19.6. The molecule has 8 nitrogen and oxygen atoms in total. The fourth-order valence-electron chi connectivity index (χ4n) is 4.56. The Morgan fingerprint density at radius 3 is 2.22 bits per heavy atom. The van der Waals surface area contributed by atoms with E-state index < -0.39 is 0 Å². The highest BCUT2D eigenvalue weighted by Gasteiger charge is 2.26. The van der Waals surface area contributed by atoms with Gasteiger partial charge >= 0.3 is 0 Å². The largest absolute Gasteiger partial charge is 0.497 e. The lowest BCUT2D eigenvalue weighted by molar-refractivity contribution is 0.0741. The first-order valence-corrected chi connectivity index (χ1v) is 12.5. The molecule has 0 bridgehead atoms. The number of rotatable bonds is 5. The number of ether oxygens (including phenoxy) is 2. The first-order valence-electron chi connectivity index (χ1n) is 12.5. The van der Waals surface area contributed by atoms with E-state index in [-0.39, 0.29) is 11.3 Å². The molecule has 0 N–H and O–H groups in total. The van der Waals surface area contributed by atoms with Gasteiger partial charge < -0.3 is 19.3 Å². The maximum Gasteiger partial charge on any atom is 0.272 e. The second-order valence-corrected chi connectivity index (χ2v) is 10.3. The number of aromatic nitrogens is 3. The topological polar surface area (TPSA) is 72.2 Å². The van der Waals surface area contributed by atoms with Crippen LogP contribution in [0.5, 0.6) is 11.5 Å². The number of nitrogens with zero attached hydrogens (tertiary/aromatic N) is 5. The number of amides is 1. The van der Waals surface area contributed by atoms with Crippen molar-refractivity contribution in [2.75, 3.05) is 45.3 Å². The average molecular weight is 500 g/mol. The van der Waals surface area contributed by atoms with E-state index in [2.05, 4.69) is 37.8 Å². The average Bonchev–Trinajstić information content (AvgIpc) is 3.37. The SMILES string of the molecule is COc1ccc(N2CCN(C(=O)c3cc(-c4cccc(OC)c4)n4nc(C(C)(C)C)cc4n3)CC2)cc1. The van der Waals surface area contributed by atoms with E-state index in [4.69, 9.17) is 19.6 Å². The molecule has 1 aliphatic heterocycles. The Bertz CT molecular complexity index is 1410. The van der Waals surface area contributed by atoms with Crippen molar-refractivity contribution < 1.29 is 14.3 Å². The van der Waals surface area contributed by atoms with Gasteiger partial charge in [0.15, 0.2) is 5.65 Å². The number of benzene rings is 2. The number of anilines is 1. The van der Waals surface area contributed by atoms with Gasteiger partial charge in [-0.1, -0.05) is 32.9 Å². The predicted molar refractivity (Wildman–Crippen MR) is 145 cm³/mol. The monoisotopic (exact) mass is 499 g/mol. The summed E-state index contributed by atoms with van der Waals surface area (Å²) in [5.41, 5.74) is 4.69. The molecule has 1 aliphatic rings. The van der Waals surface area contributed by atoms with Crippen LogP contribution < -0.4 is 14.4 Å². The van der Waals surface area contributed by atoms with E-state index in [9.17, 15) is 4.79 Å². The summed E-state index contributed by atoms with van der Waals surface area (Å²) in [6.45, 7) is 9.11. The van der Waals surface area contributed by atoms with Gasteiger partial charge in [0.1, 0.15) is 17.2 Å². The number of piperazine rings is 1. The molecule has 0 unspecified atom stereocenters. The molecular weight excluding hydrogens is 466 g/mol. The van der Waals surface area contributed by atoms with Crippen LogP contribution in [-0.4, -0.2) is 65.8 Å². The number of hydrogen-bond acceptors (Lipinski definition) is 6. The van der Waals surface area contributed by atoms with Crippen LogP contribution in [0, 0.1) is 0 Å². The third-order valence-corrected chi connectivity index (χ3v) is 6.78. The smallest absolute Gasteiger partial charge is 0.272 e. The second-order valence-electron chi connectivity index (χ2n) is 10.3. The number of carbonyl (C=O) groups is 1. The third kappa shape index (κ3) is 4.96. The van der Waals surface area contributed by atoms with Gasteiger partial charge in [-0.2, -0.15) is 5.10 Å². The van der Waals surface area contributed by atoms with E-state index >= 15 is 0 Å². The lowest BCUT2D eigenvalue weighted by Gasteiger charge is -2.36. The van der Waals surface area contributed by atoms with Crippen molar-refractivity contribution >= 4 is 17.2 Å². The molecule has 2 aromatic carbocycles. The third-order valence-electron chi connectivity index (χ3n) is 6.78. The van der Waals surface area contributed by atoms with Crippen LogP contribution in [0.4, 0.5) is 5.69 Å². The lowest BCUT2D eigenvalue weighted by Crippen LogP contribution is -2.49. The van der Waals surface area contributed by atoms with Crippen LogP contribution >= 0.6 is 0 Å². The molecule has 0 atom stereocenters. The van der Waals surface area contributed by atoms with Gasteiger partial charge in [-0.3, -0.25) is 4.79 Å². The summed E-state index contributed by atoms with van der Waals surface area (Å²) >= 11 is 0. The predicted octanol–water partition coefficient (Wildman–Crippen LogP) is 4.67. The molecule has 4 aromatic rings. The van der Waals surface area contributed by atoms with E-state index in [0.29, 0.717) is 24.4 Å². The van der Waals surface area contributed by atoms with E-state index in [1.165, 1.54) is 0 Å². The summed E-state index contributed by atoms with van der Waals surface area (Å²) in [7, 11) is 3.31. The molecule has 37 heavy (non-hydrogen) atoms. The molecule has 0 saturated carbocycles. The van der Waals surface area contributed by atoms with Gasteiger partial charge in [-0.15, -0.1) is 0 Å². The van der Waals surface area contributed by atoms with Gasteiger partial charge in [0, 0.05) is 48.9 Å². The minimum absolute atomic E-state index is 0.0699. The van der Waals surface area contributed by atoms with Crippen molar-refractivity contribution in [1.82, 2.24) is 19.5 Å². The first-order chi connectivity index (χ1) is 17.8. The molecule has 1 fully saturated rings. The maximum atomic E-state index is 13.7. The fraction of sp³-hybridized carbons (Fsp3) is 0.345. The van der Waals surface area contributed by atoms with E-state index in [1.54, 1.807) is 14.2 Å². The molecule has 0 aliphatic carbocycles. The van der Waals surface area contributed by atoms with Gasteiger partial charge in [0.2, 0.25) is 0 Å². The summed E-state index contributed by atoms with van der Waals surface area (Å²) in [5.74, 6) is 1.51. The molecule has 0 radical (unpaired) electrons. The van der Waals surface area contributed by atoms with E-state index in [0.717, 1.165) is 47.2 Å². The minimum atomic E-state index is -0.151. The number of carbonyl (C=O) groups excluding carboxylic acids is 1. The highest BCUT2D eigenvalue weighted by molar-refractivity contribution is 5.94. The number of hydrogen-bond donors (Lipinski definition) is 0. The van der Waals surface area contributed by atoms with Gasteiger partial charge in [-0.05, 0) is 42.5 Å². The fourth-order valence-corrected chi connectivity index (χ4v) is 4.56. The molecule has 0 spiro atoms. The Kier molecular flexibility index (Phi) is 6.50. The van der Waals surface area contributed by atoms with Crippen molar-refractivity contribution in [3.05, 3.63) is 72.1 Å². The molecule has 1 saturated heterocycles. The van der Waals surface area contributed by atoms with Crippen LogP contribution in [0.1, 0.15) is 37.0 Å². The number of methoxy groups -OCH3 is 2. The Balaban J connectivity index is 1.45. The Labute approximate surface area is 217 Å². The van der Waals surface area contributed by atoms with Gasteiger partial charge in [-0.25, -0.2) is 9.50 Å². The van der Waals surface area contributed by atoms with Crippen LogP contribution in [0.2, 0.25) is 0 Å². The lowest BCUT2D eigenvalue weighted by atomic mass is 9.93. The molecule has 5 rings (SSSR count). The summed E-state index contributed by atoms with van der Waals surface area (Å²) in [6.07, 6.45) is 0. The first kappa shape index (κ1) is 24.6. The molecule has 192 valence electrons. The minimum Gasteiger partial charge on any atom is -0.497 e. The summed E-state index contributed by atoms with van der Waals surface area (Å²) in [4.78, 5) is 22.6. The van der Waals surface area contributed by atoms with E-state index in [1.807, 2.05) is 57.9 Å². The van der Waals surface area contributed by atoms with Crippen molar-refractivity contribution in [3.8, 4) is 22.8 Å². The zero-order chi connectivity index (χ0) is 26.2. The maximum absolute atomic E-state index is 13.7. The zero-order valence-corrected chi connectivity index (χ0v) is 22.1. The zero-order valence-electron chi connectivity index (χ0n) is 22.1. The summed E-state index contributed by atoms with van der Waals surface area (Å²) < 4.78 is 12.5. The van der Waals surface area contributed by atoms with Crippen molar-refractivity contribution in [3.63, 3.8) is 0 Å². The van der Waals surface area contributed by atoms with Crippen LogP contribution in [0.3, 0.4) is 0 Å². The van der Waals surface area contributed by atoms with Crippen LogP contribution in [-0.2, 0) is 5.41 Å². The van der Waals surface area contributed by atoms with Crippen molar-refractivity contribution in [2.45, 2.75) is 26.2 Å². The quantitative estimate of drug-likeness (QED) is 0.397. The molecule has 8 heteroatoms. The van der Waals surface area contributed by atoms with Crippen LogP contribution in [0.15, 0.2) is 60.7 Å². The standard InChI is InChI=1S/C29H33N5O3/c1-29(2,3)26-19-27-30-24(18-25(34(27)31-26)20-7-6-8-23(17-20)37-5)28(35)33-15-13-32(14-16-33)21-9-11-22(36-4)12-10-21/h6-12,17-19H,13-16H2,1-5H3. The van der Waals surface area contributed by atoms with Gasteiger partial charge in [0.05, 0.1) is 25.6 Å². The molecule has 1 amide bonds. The van der Waals surface area contributed by atoms with Gasteiger partial charge in [0.25, 0.3) is 5.91 Å². The summed E-state index contributed by atoms with van der Waals surface area (Å²) in [5, 5.41) is 4.86. The number of fused-ring (bicyclic) bond motifs is 1. The second kappa shape index (κ2) is 9.76. The highest BCUT2D eigenvalue weighted by Crippen LogP contribution is 2.29. The van der Waals surface area contributed by atoms with Crippen LogP contribution in [0.25, 0.3) is 16.9 Å².